The second-order valence-corrected chi connectivity index (χ2v) is 9.19. The van der Waals surface area contributed by atoms with Crippen molar-refractivity contribution in [2.24, 2.45) is 10.7 Å². The molecule has 31 heavy (non-hydrogen) atoms. The highest BCUT2D eigenvalue weighted by Gasteiger charge is 2.27. The zero-order valence-corrected chi connectivity index (χ0v) is 19.3. The highest BCUT2D eigenvalue weighted by atomic mass is 16.6. The summed E-state index contributed by atoms with van der Waals surface area (Å²) in [6.45, 7) is 10.9. The molecule has 0 spiro atoms. The van der Waals surface area contributed by atoms with Crippen molar-refractivity contribution in [1.29, 1.82) is 0 Å². The standard InChI is InChI=1S/C23H37N5O3/c1-23(2,3)31-22(29)28-15-13-27(14-16-28)21(24)25-17-20(26-11-5-6-12-26)18-7-9-19(30-4)10-8-18/h7-10,20H,5-6,11-17H2,1-4H3,(H2,24,25). The number of hydrogen-bond acceptors (Lipinski definition) is 5. The quantitative estimate of drug-likeness (QED) is 0.570. The van der Waals surface area contributed by atoms with Crippen LogP contribution in [-0.4, -0.2) is 85.3 Å². The predicted molar refractivity (Wildman–Crippen MR) is 122 cm³/mol. The molecular weight excluding hydrogens is 394 g/mol. The van der Waals surface area contributed by atoms with Crippen LogP contribution in [0.5, 0.6) is 5.75 Å². The molecule has 0 saturated carbocycles. The van der Waals surface area contributed by atoms with Gasteiger partial charge in [0.05, 0.1) is 19.7 Å². The molecule has 1 atom stereocenters. The third-order valence-electron chi connectivity index (χ3n) is 5.76. The first-order valence-corrected chi connectivity index (χ1v) is 11.2. The largest absolute Gasteiger partial charge is 0.497 e. The Labute approximate surface area is 186 Å². The molecule has 1 aromatic carbocycles. The Morgan fingerprint density at radius 2 is 1.61 bits per heavy atom. The average Bonchev–Trinajstić information content (AvgIpc) is 3.27. The number of carbonyl (C=O) groups is 1. The van der Waals surface area contributed by atoms with Gasteiger partial charge in [-0.05, 0) is 64.4 Å². The summed E-state index contributed by atoms with van der Waals surface area (Å²) in [5.74, 6) is 1.40. The summed E-state index contributed by atoms with van der Waals surface area (Å²) in [6, 6.07) is 8.44. The molecule has 1 aromatic rings. The number of piperazine rings is 1. The number of methoxy groups -OCH3 is 1. The zero-order chi connectivity index (χ0) is 22.4. The fourth-order valence-electron chi connectivity index (χ4n) is 4.04. The van der Waals surface area contributed by atoms with E-state index in [0.717, 1.165) is 18.8 Å². The van der Waals surface area contributed by atoms with Crippen LogP contribution in [0, 0.1) is 0 Å². The van der Waals surface area contributed by atoms with Crippen molar-refractivity contribution in [3.05, 3.63) is 29.8 Å². The maximum Gasteiger partial charge on any atom is 0.410 e. The number of rotatable bonds is 5. The molecule has 2 aliphatic rings. The topological polar surface area (TPSA) is 83.6 Å². The van der Waals surface area contributed by atoms with Crippen LogP contribution >= 0.6 is 0 Å². The molecule has 2 saturated heterocycles. The minimum absolute atomic E-state index is 0.204. The number of ether oxygens (including phenoxy) is 2. The maximum absolute atomic E-state index is 12.3. The van der Waals surface area contributed by atoms with E-state index in [2.05, 4.69) is 21.9 Å². The van der Waals surface area contributed by atoms with Crippen molar-refractivity contribution in [2.45, 2.75) is 45.3 Å². The number of aliphatic imine (C=N–C) groups is 1. The second kappa shape index (κ2) is 10.2. The fraction of sp³-hybridized carbons (Fsp3) is 0.652. The number of nitrogens with zero attached hydrogens (tertiary/aromatic N) is 4. The minimum Gasteiger partial charge on any atom is -0.497 e. The van der Waals surface area contributed by atoms with Crippen LogP contribution in [-0.2, 0) is 4.74 Å². The van der Waals surface area contributed by atoms with Gasteiger partial charge in [0.25, 0.3) is 0 Å². The van der Waals surface area contributed by atoms with Crippen LogP contribution in [0.25, 0.3) is 0 Å². The first-order valence-electron chi connectivity index (χ1n) is 11.2. The summed E-state index contributed by atoms with van der Waals surface area (Å²) >= 11 is 0. The third kappa shape index (κ3) is 6.50. The number of amides is 1. The maximum atomic E-state index is 12.3. The second-order valence-electron chi connectivity index (χ2n) is 9.19. The molecule has 0 aromatic heterocycles. The number of nitrogens with two attached hydrogens (primary N) is 1. The van der Waals surface area contributed by atoms with E-state index in [0.29, 0.717) is 38.7 Å². The van der Waals surface area contributed by atoms with Crippen molar-refractivity contribution < 1.29 is 14.3 Å². The SMILES string of the molecule is COc1ccc(C(CN=C(N)N2CCN(C(=O)OC(C)(C)C)CC2)N2CCCC2)cc1. The van der Waals surface area contributed by atoms with E-state index in [1.807, 2.05) is 32.9 Å². The molecule has 1 amide bonds. The van der Waals surface area contributed by atoms with Gasteiger partial charge in [-0.3, -0.25) is 9.89 Å². The summed E-state index contributed by atoms with van der Waals surface area (Å²) in [5.41, 5.74) is 7.09. The lowest BCUT2D eigenvalue weighted by Crippen LogP contribution is -2.53. The Balaban J connectivity index is 1.59. The van der Waals surface area contributed by atoms with Gasteiger partial charge in [0.15, 0.2) is 5.96 Å². The van der Waals surface area contributed by atoms with Gasteiger partial charge in [-0.15, -0.1) is 0 Å². The van der Waals surface area contributed by atoms with E-state index in [1.54, 1.807) is 12.0 Å². The van der Waals surface area contributed by atoms with Gasteiger partial charge in [-0.1, -0.05) is 12.1 Å². The lowest BCUT2D eigenvalue weighted by atomic mass is 10.1. The number of hydrogen-bond donors (Lipinski definition) is 1. The highest BCUT2D eigenvalue weighted by Crippen LogP contribution is 2.27. The minimum atomic E-state index is -0.485. The summed E-state index contributed by atoms with van der Waals surface area (Å²) < 4.78 is 10.8. The van der Waals surface area contributed by atoms with E-state index in [4.69, 9.17) is 20.2 Å². The summed E-state index contributed by atoms with van der Waals surface area (Å²) in [5, 5.41) is 0. The van der Waals surface area contributed by atoms with Crippen LogP contribution in [0.15, 0.2) is 29.3 Å². The van der Waals surface area contributed by atoms with Crippen molar-refractivity contribution in [3.8, 4) is 5.75 Å². The summed E-state index contributed by atoms with van der Waals surface area (Å²) in [6.07, 6.45) is 2.17. The average molecular weight is 432 g/mol. The monoisotopic (exact) mass is 431 g/mol. The van der Waals surface area contributed by atoms with Crippen molar-refractivity contribution in [3.63, 3.8) is 0 Å². The molecule has 8 heteroatoms. The zero-order valence-electron chi connectivity index (χ0n) is 19.3. The summed E-state index contributed by atoms with van der Waals surface area (Å²) in [7, 11) is 1.68. The Bertz CT molecular complexity index is 745. The number of benzene rings is 1. The molecule has 0 radical (unpaired) electrons. The van der Waals surface area contributed by atoms with Crippen molar-refractivity contribution in [1.82, 2.24) is 14.7 Å². The van der Waals surface area contributed by atoms with E-state index < -0.39 is 5.60 Å². The van der Waals surface area contributed by atoms with E-state index in [-0.39, 0.29) is 12.1 Å². The first kappa shape index (κ1) is 23.2. The molecular formula is C23H37N5O3. The Morgan fingerprint density at radius 3 is 2.16 bits per heavy atom. The fourth-order valence-corrected chi connectivity index (χ4v) is 4.04. The van der Waals surface area contributed by atoms with Gasteiger partial charge in [0.2, 0.25) is 0 Å². The third-order valence-corrected chi connectivity index (χ3v) is 5.76. The van der Waals surface area contributed by atoms with Crippen LogP contribution in [0.2, 0.25) is 0 Å². The van der Waals surface area contributed by atoms with Gasteiger partial charge in [-0.25, -0.2) is 4.79 Å². The van der Waals surface area contributed by atoms with Crippen LogP contribution in [0.1, 0.15) is 45.2 Å². The van der Waals surface area contributed by atoms with Crippen LogP contribution < -0.4 is 10.5 Å². The number of guanidine groups is 1. The van der Waals surface area contributed by atoms with E-state index >= 15 is 0 Å². The van der Waals surface area contributed by atoms with Gasteiger partial charge >= 0.3 is 6.09 Å². The lowest BCUT2D eigenvalue weighted by molar-refractivity contribution is 0.0186. The predicted octanol–water partition coefficient (Wildman–Crippen LogP) is 2.70. The van der Waals surface area contributed by atoms with Gasteiger partial charge < -0.3 is 25.0 Å². The number of likely N-dealkylation sites (tertiary alicyclic amines) is 1. The molecule has 172 valence electrons. The molecule has 8 nitrogen and oxygen atoms in total. The van der Waals surface area contributed by atoms with E-state index in [9.17, 15) is 4.79 Å². The van der Waals surface area contributed by atoms with Crippen LogP contribution in [0.4, 0.5) is 4.79 Å². The molecule has 2 N–H and O–H groups in total. The molecule has 2 fully saturated rings. The van der Waals surface area contributed by atoms with Crippen molar-refractivity contribution in [2.75, 3.05) is 52.9 Å². The normalized spacial score (nSPS) is 19.4. The van der Waals surface area contributed by atoms with Gasteiger partial charge in [0.1, 0.15) is 11.4 Å². The smallest absolute Gasteiger partial charge is 0.410 e. The highest BCUT2D eigenvalue weighted by molar-refractivity contribution is 5.78. The Hall–Kier alpha value is -2.48. The molecule has 1 unspecified atom stereocenters. The number of carbonyl (C=O) groups excluding carboxylic acids is 1. The molecule has 0 aliphatic carbocycles. The molecule has 2 aliphatic heterocycles. The first-order chi connectivity index (χ1) is 14.8. The lowest BCUT2D eigenvalue weighted by Gasteiger charge is -2.36. The Morgan fingerprint density at radius 1 is 1.03 bits per heavy atom. The van der Waals surface area contributed by atoms with Crippen LogP contribution in [0.3, 0.4) is 0 Å². The summed E-state index contributed by atoms with van der Waals surface area (Å²) in [4.78, 5) is 23.3. The molecule has 0 bridgehead atoms. The van der Waals surface area contributed by atoms with Gasteiger partial charge in [-0.2, -0.15) is 0 Å². The molecule has 3 rings (SSSR count). The van der Waals surface area contributed by atoms with E-state index in [1.165, 1.54) is 18.4 Å². The Kier molecular flexibility index (Phi) is 7.64. The van der Waals surface area contributed by atoms with Crippen molar-refractivity contribution >= 4 is 12.1 Å². The molecule has 2 heterocycles. The van der Waals surface area contributed by atoms with Gasteiger partial charge in [0, 0.05) is 26.2 Å².